The predicted octanol–water partition coefficient (Wildman–Crippen LogP) is 5.12. The van der Waals surface area contributed by atoms with Gasteiger partial charge < -0.3 is 0 Å². The maximum absolute atomic E-state index is 6.00. The van der Waals surface area contributed by atoms with Gasteiger partial charge in [-0.05, 0) is 18.6 Å². The van der Waals surface area contributed by atoms with Crippen molar-refractivity contribution in [2.45, 2.75) is 42.3 Å². The van der Waals surface area contributed by atoms with Gasteiger partial charge in [0.2, 0.25) is 0 Å². The maximum Gasteiger partial charge on any atom is 0.198 e. The molecule has 1 nitrogen and oxygen atoms in total. The summed E-state index contributed by atoms with van der Waals surface area (Å²) in [7, 11) is 0. The second-order valence-electron chi connectivity index (χ2n) is 3.84. The molecule has 16 heavy (non-hydrogen) atoms. The molecule has 1 unspecified atom stereocenters. The van der Waals surface area contributed by atoms with E-state index < -0.39 is 3.79 Å². The van der Waals surface area contributed by atoms with Crippen LogP contribution in [0.5, 0.6) is 0 Å². The van der Waals surface area contributed by atoms with E-state index in [0.29, 0.717) is 0 Å². The Kier molecular flexibility index (Phi) is 5.88. The molecule has 0 aliphatic carbocycles. The van der Waals surface area contributed by atoms with Crippen molar-refractivity contribution in [1.29, 1.82) is 0 Å². The fourth-order valence-corrected chi connectivity index (χ4v) is 2.32. The van der Waals surface area contributed by atoms with Crippen LogP contribution in [0.15, 0.2) is 24.4 Å². The highest BCUT2D eigenvalue weighted by Crippen LogP contribution is 2.43. The van der Waals surface area contributed by atoms with E-state index in [1.807, 2.05) is 18.2 Å². The lowest BCUT2D eigenvalue weighted by Gasteiger charge is -2.23. The SMILES string of the molecule is CCCCCC(c1ccccn1)C(Cl)(Cl)Cl. The van der Waals surface area contributed by atoms with Gasteiger partial charge in [-0.1, -0.05) is 67.1 Å². The highest BCUT2D eigenvalue weighted by atomic mass is 35.6. The van der Waals surface area contributed by atoms with E-state index in [9.17, 15) is 0 Å². The van der Waals surface area contributed by atoms with Gasteiger partial charge in [0.1, 0.15) is 0 Å². The van der Waals surface area contributed by atoms with Gasteiger partial charge in [-0.3, -0.25) is 4.98 Å². The first-order chi connectivity index (χ1) is 7.55. The molecule has 0 spiro atoms. The summed E-state index contributed by atoms with van der Waals surface area (Å²) < 4.78 is -1.28. The van der Waals surface area contributed by atoms with Gasteiger partial charge >= 0.3 is 0 Å². The largest absolute Gasteiger partial charge is 0.261 e. The van der Waals surface area contributed by atoms with Crippen LogP contribution in [-0.2, 0) is 0 Å². The minimum absolute atomic E-state index is 0.120. The molecule has 1 aromatic rings. The standard InChI is InChI=1S/C12H16Cl3N/c1-2-3-4-7-10(12(13,14)15)11-8-5-6-9-16-11/h5-6,8-10H,2-4,7H2,1H3. The van der Waals surface area contributed by atoms with Crippen LogP contribution in [0.25, 0.3) is 0 Å². The fourth-order valence-electron chi connectivity index (χ4n) is 1.66. The molecule has 0 radical (unpaired) electrons. The van der Waals surface area contributed by atoms with Crippen molar-refractivity contribution in [3.8, 4) is 0 Å². The number of halogens is 3. The van der Waals surface area contributed by atoms with Crippen molar-refractivity contribution in [2.75, 3.05) is 0 Å². The Morgan fingerprint density at radius 1 is 1.25 bits per heavy atom. The maximum atomic E-state index is 6.00. The number of hydrogen-bond donors (Lipinski definition) is 0. The van der Waals surface area contributed by atoms with E-state index >= 15 is 0 Å². The number of alkyl halides is 3. The molecular weight excluding hydrogens is 264 g/mol. The Labute approximate surface area is 112 Å². The molecule has 0 saturated heterocycles. The Bertz CT molecular complexity index is 295. The number of aromatic nitrogens is 1. The van der Waals surface area contributed by atoms with Crippen LogP contribution in [0.4, 0.5) is 0 Å². The summed E-state index contributed by atoms with van der Waals surface area (Å²) in [4.78, 5) is 4.27. The molecule has 0 amide bonds. The molecule has 4 heteroatoms. The highest BCUT2D eigenvalue weighted by molar-refractivity contribution is 6.68. The number of pyridine rings is 1. The first kappa shape index (κ1) is 14.1. The first-order valence-electron chi connectivity index (χ1n) is 5.53. The van der Waals surface area contributed by atoms with E-state index in [4.69, 9.17) is 34.8 Å². The van der Waals surface area contributed by atoms with Crippen molar-refractivity contribution in [3.63, 3.8) is 0 Å². The van der Waals surface area contributed by atoms with E-state index in [-0.39, 0.29) is 5.92 Å². The lowest BCUT2D eigenvalue weighted by atomic mass is 9.99. The Hall–Kier alpha value is 0.0200. The molecule has 1 aromatic heterocycles. The molecule has 0 aliphatic rings. The number of nitrogens with zero attached hydrogens (tertiary/aromatic N) is 1. The van der Waals surface area contributed by atoms with Crippen molar-refractivity contribution in [2.24, 2.45) is 0 Å². The van der Waals surface area contributed by atoms with Gasteiger partial charge in [0, 0.05) is 17.8 Å². The third-order valence-electron chi connectivity index (χ3n) is 2.54. The highest BCUT2D eigenvalue weighted by Gasteiger charge is 2.34. The van der Waals surface area contributed by atoms with Gasteiger partial charge in [-0.25, -0.2) is 0 Å². The summed E-state index contributed by atoms with van der Waals surface area (Å²) in [6, 6.07) is 5.70. The summed E-state index contributed by atoms with van der Waals surface area (Å²) in [5.74, 6) is -0.120. The fraction of sp³-hybridized carbons (Fsp3) is 0.583. The molecule has 1 atom stereocenters. The van der Waals surface area contributed by atoms with Crippen LogP contribution in [0.3, 0.4) is 0 Å². The zero-order valence-corrected chi connectivity index (χ0v) is 11.6. The third-order valence-corrected chi connectivity index (χ3v) is 3.33. The second kappa shape index (κ2) is 6.68. The molecule has 0 fully saturated rings. The summed E-state index contributed by atoms with van der Waals surface area (Å²) >= 11 is 18.0. The third kappa shape index (κ3) is 4.48. The predicted molar refractivity (Wildman–Crippen MR) is 71.4 cm³/mol. The molecular formula is C12H16Cl3N. The molecule has 0 N–H and O–H groups in total. The van der Waals surface area contributed by atoms with Crippen LogP contribution in [0.1, 0.15) is 44.2 Å². The normalized spacial score (nSPS) is 13.8. The minimum atomic E-state index is -1.28. The molecule has 0 saturated carbocycles. The van der Waals surface area contributed by atoms with Crippen LogP contribution in [-0.4, -0.2) is 8.78 Å². The molecule has 1 heterocycles. The summed E-state index contributed by atoms with van der Waals surface area (Å²) in [5, 5.41) is 0. The van der Waals surface area contributed by atoms with Crippen molar-refractivity contribution < 1.29 is 0 Å². The van der Waals surface area contributed by atoms with Gasteiger partial charge in [-0.2, -0.15) is 0 Å². The second-order valence-corrected chi connectivity index (χ2v) is 6.21. The van der Waals surface area contributed by atoms with Crippen LogP contribution in [0, 0.1) is 0 Å². The summed E-state index contributed by atoms with van der Waals surface area (Å²) in [6.45, 7) is 2.16. The summed E-state index contributed by atoms with van der Waals surface area (Å²) in [6.07, 6.45) is 5.98. The Balaban J connectivity index is 2.73. The molecule has 0 bridgehead atoms. The topological polar surface area (TPSA) is 12.9 Å². The average Bonchev–Trinajstić information content (AvgIpc) is 2.24. The van der Waals surface area contributed by atoms with Crippen LogP contribution in [0.2, 0.25) is 0 Å². The van der Waals surface area contributed by atoms with Crippen molar-refractivity contribution in [1.82, 2.24) is 4.98 Å². The molecule has 1 rings (SSSR count). The van der Waals surface area contributed by atoms with Crippen LogP contribution >= 0.6 is 34.8 Å². The smallest absolute Gasteiger partial charge is 0.198 e. The zero-order valence-electron chi connectivity index (χ0n) is 9.30. The van der Waals surface area contributed by atoms with E-state index in [1.54, 1.807) is 6.20 Å². The summed E-state index contributed by atoms with van der Waals surface area (Å²) in [5.41, 5.74) is 0.860. The lowest BCUT2D eigenvalue weighted by Crippen LogP contribution is -2.18. The zero-order chi connectivity index (χ0) is 12.0. The van der Waals surface area contributed by atoms with Crippen molar-refractivity contribution >= 4 is 34.8 Å². The van der Waals surface area contributed by atoms with Gasteiger partial charge in [0.05, 0.1) is 0 Å². The minimum Gasteiger partial charge on any atom is -0.261 e. The quantitative estimate of drug-likeness (QED) is 0.539. The van der Waals surface area contributed by atoms with E-state index in [0.717, 1.165) is 31.4 Å². The van der Waals surface area contributed by atoms with Gasteiger partial charge in [0.15, 0.2) is 3.79 Å². The molecule has 90 valence electrons. The van der Waals surface area contributed by atoms with Crippen LogP contribution < -0.4 is 0 Å². The Morgan fingerprint density at radius 3 is 2.50 bits per heavy atom. The molecule has 0 aromatic carbocycles. The lowest BCUT2D eigenvalue weighted by molar-refractivity contribution is 0.562. The average molecular weight is 281 g/mol. The van der Waals surface area contributed by atoms with E-state index in [2.05, 4.69) is 11.9 Å². The van der Waals surface area contributed by atoms with Gasteiger partial charge in [-0.15, -0.1) is 0 Å². The number of unbranched alkanes of at least 4 members (excludes halogenated alkanes) is 2. The number of hydrogen-bond acceptors (Lipinski definition) is 1. The first-order valence-corrected chi connectivity index (χ1v) is 6.66. The van der Waals surface area contributed by atoms with Gasteiger partial charge in [0.25, 0.3) is 0 Å². The number of rotatable bonds is 5. The monoisotopic (exact) mass is 279 g/mol. The van der Waals surface area contributed by atoms with Crippen molar-refractivity contribution in [3.05, 3.63) is 30.1 Å². The Morgan fingerprint density at radius 2 is 2.00 bits per heavy atom. The molecule has 0 aliphatic heterocycles. The van der Waals surface area contributed by atoms with E-state index in [1.165, 1.54) is 0 Å².